The van der Waals surface area contributed by atoms with Gasteiger partial charge in [-0.3, -0.25) is 9.69 Å². The fraction of sp³-hybridized carbons (Fsp3) is 0.348. The van der Waals surface area contributed by atoms with Crippen LogP contribution in [-0.2, 0) is 11.3 Å². The number of ketones is 1. The second-order valence-corrected chi connectivity index (χ2v) is 8.33. The minimum absolute atomic E-state index is 0.121. The number of morpholine rings is 1. The van der Waals surface area contributed by atoms with Crippen molar-refractivity contribution in [1.29, 1.82) is 0 Å². The number of nitrogens with zero attached hydrogens (tertiary/aromatic N) is 3. The van der Waals surface area contributed by atoms with Crippen LogP contribution in [0, 0.1) is 13.8 Å². The van der Waals surface area contributed by atoms with E-state index in [9.17, 15) is 4.79 Å². The molecule has 4 rings (SSSR count). The summed E-state index contributed by atoms with van der Waals surface area (Å²) < 4.78 is 5.43. The molecule has 1 fully saturated rings. The predicted molar refractivity (Wildman–Crippen MR) is 117 cm³/mol. The Kier molecular flexibility index (Phi) is 6.23. The van der Waals surface area contributed by atoms with E-state index in [2.05, 4.69) is 11.8 Å². The molecule has 0 spiro atoms. The van der Waals surface area contributed by atoms with E-state index >= 15 is 0 Å². The number of fused-ring (bicyclic) bond motifs is 1. The zero-order valence-corrected chi connectivity index (χ0v) is 17.7. The van der Waals surface area contributed by atoms with Crippen LogP contribution in [0.2, 0.25) is 0 Å². The molecule has 0 radical (unpaired) electrons. The normalized spacial score (nSPS) is 15.0. The van der Waals surface area contributed by atoms with Gasteiger partial charge in [-0.05, 0) is 37.1 Å². The van der Waals surface area contributed by atoms with E-state index in [4.69, 9.17) is 14.7 Å². The summed E-state index contributed by atoms with van der Waals surface area (Å²) in [5, 5.41) is 1.87. The van der Waals surface area contributed by atoms with Crippen LogP contribution in [0.1, 0.15) is 27.3 Å². The molecule has 6 heteroatoms. The lowest BCUT2D eigenvalue weighted by atomic mass is 10.0. The minimum atomic E-state index is 0.121. The molecule has 3 aromatic rings. The average Bonchev–Trinajstić information content (AvgIpc) is 2.74. The summed E-state index contributed by atoms with van der Waals surface area (Å²) in [5.74, 6) is 1.28. The molecule has 2 aromatic carbocycles. The molecule has 29 heavy (non-hydrogen) atoms. The van der Waals surface area contributed by atoms with Gasteiger partial charge < -0.3 is 4.74 Å². The number of carbonyl (C=O) groups is 1. The van der Waals surface area contributed by atoms with Gasteiger partial charge in [0.25, 0.3) is 0 Å². The third kappa shape index (κ3) is 4.83. The summed E-state index contributed by atoms with van der Waals surface area (Å²) in [5.41, 5.74) is 4.02. The molecule has 0 amide bonds. The highest BCUT2D eigenvalue weighted by atomic mass is 32.2. The number of benzene rings is 2. The maximum Gasteiger partial charge on any atom is 0.173 e. The van der Waals surface area contributed by atoms with Gasteiger partial charge in [-0.2, -0.15) is 0 Å². The van der Waals surface area contributed by atoms with E-state index in [1.54, 1.807) is 0 Å². The predicted octanol–water partition coefficient (Wildman–Crippen LogP) is 4.05. The Labute approximate surface area is 175 Å². The van der Waals surface area contributed by atoms with Gasteiger partial charge in [0.1, 0.15) is 10.9 Å². The Morgan fingerprint density at radius 3 is 2.66 bits per heavy atom. The van der Waals surface area contributed by atoms with E-state index in [0.717, 1.165) is 59.2 Å². The van der Waals surface area contributed by atoms with Gasteiger partial charge in [0.2, 0.25) is 0 Å². The number of ether oxygens (including phenoxy) is 1. The zero-order chi connectivity index (χ0) is 20.2. The SMILES string of the molecule is Cc1ccc(C(=O)CSc2nc(CN3CCOCC3)nc3ccccc23)cc1C. The fourth-order valence-corrected chi connectivity index (χ4v) is 4.30. The van der Waals surface area contributed by atoms with E-state index < -0.39 is 0 Å². The number of carbonyl (C=O) groups excluding carboxylic acids is 1. The number of thioether (sulfide) groups is 1. The second kappa shape index (κ2) is 9.03. The van der Waals surface area contributed by atoms with Gasteiger partial charge in [-0.1, -0.05) is 42.1 Å². The van der Waals surface area contributed by atoms with Crippen molar-refractivity contribution in [1.82, 2.24) is 14.9 Å². The first kappa shape index (κ1) is 20.0. The van der Waals surface area contributed by atoms with Gasteiger partial charge in [-0.15, -0.1) is 0 Å². The van der Waals surface area contributed by atoms with Crippen molar-refractivity contribution in [3.05, 3.63) is 65.0 Å². The number of aryl methyl sites for hydroxylation is 2. The summed E-state index contributed by atoms with van der Waals surface area (Å²) in [7, 11) is 0. The molecule has 1 aliphatic heterocycles. The summed E-state index contributed by atoms with van der Waals surface area (Å²) in [6.45, 7) is 8.08. The Morgan fingerprint density at radius 2 is 1.86 bits per heavy atom. The van der Waals surface area contributed by atoms with Gasteiger partial charge in [0.05, 0.1) is 31.0 Å². The summed E-state index contributed by atoms with van der Waals surface area (Å²) >= 11 is 1.50. The Bertz CT molecular complexity index is 1030. The maximum atomic E-state index is 12.7. The standard InChI is InChI=1S/C23H25N3O2S/c1-16-7-8-18(13-17(16)2)21(27)15-29-23-19-5-3-4-6-20(19)24-22(25-23)14-26-9-11-28-12-10-26/h3-8,13H,9-12,14-15H2,1-2H3. The molecule has 1 aromatic heterocycles. The molecule has 0 unspecified atom stereocenters. The number of rotatable bonds is 6. The molecule has 2 heterocycles. The van der Waals surface area contributed by atoms with Gasteiger partial charge in [0.15, 0.2) is 5.78 Å². The minimum Gasteiger partial charge on any atom is -0.379 e. The molecule has 0 saturated carbocycles. The topological polar surface area (TPSA) is 55.3 Å². The molecule has 1 saturated heterocycles. The third-order valence-corrected chi connectivity index (χ3v) is 6.24. The molecule has 0 bridgehead atoms. The van der Waals surface area contributed by atoms with Gasteiger partial charge >= 0.3 is 0 Å². The van der Waals surface area contributed by atoms with E-state index in [-0.39, 0.29) is 5.78 Å². The van der Waals surface area contributed by atoms with Crippen LogP contribution in [0.3, 0.4) is 0 Å². The van der Waals surface area contributed by atoms with Crippen LogP contribution in [0.25, 0.3) is 10.9 Å². The van der Waals surface area contributed by atoms with Crippen LogP contribution in [0.15, 0.2) is 47.5 Å². The lowest BCUT2D eigenvalue weighted by Crippen LogP contribution is -2.36. The van der Waals surface area contributed by atoms with Crippen molar-refractivity contribution in [3.63, 3.8) is 0 Å². The van der Waals surface area contributed by atoms with E-state index in [1.165, 1.54) is 17.3 Å². The first-order valence-electron chi connectivity index (χ1n) is 9.89. The average molecular weight is 408 g/mol. The van der Waals surface area contributed by atoms with Crippen LogP contribution < -0.4 is 0 Å². The monoisotopic (exact) mass is 407 g/mol. The first-order valence-corrected chi connectivity index (χ1v) is 10.9. The molecule has 150 valence electrons. The Hall–Kier alpha value is -2.28. The molecular weight excluding hydrogens is 382 g/mol. The fourth-order valence-electron chi connectivity index (χ4n) is 3.37. The number of Topliss-reactive ketones (excluding diaryl/α,β-unsaturated/α-hetero) is 1. The second-order valence-electron chi connectivity index (χ2n) is 7.36. The molecule has 5 nitrogen and oxygen atoms in total. The van der Waals surface area contributed by atoms with Crippen molar-refractivity contribution in [2.24, 2.45) is 0 Å². The van der Waals surface area contributed by atoms with Crippen LogP contribution in [0.5, 0.6) is 0 Å². The Morgan fingerprint density at radius 1 is 1.07 bits per heavy atom. The lowest BCUT2D eigenvalue weighted by Gasteiger charge is -2.25. The van der Waals surface area contributed by atoms with Crippen molar-refractivity contribution in [2.75, 3.05) is 32.1 Å². The van der Waals surface area contributed by atoms with Gasteiger partial charge in [0, 0.05) is 24.0 Å². The number of para-hydroxylation sites is 1. The van der Waals surface area contributed by atoms with Crippen LogP contribution in [-0.4, -0.2) is 52.7 Å². The highest BCUT2D eigenvalue weighted by Crippen LogP contribution is 2.26. The number of hydrogen-bond donors (Lipinski definition) is 0. The van der Waals surface area contributed by atoms with Crippen molar-refractivity contribution < 1.29 is 9.53 Å². The molecule has 1 aliphatic rings. The molecule has 0 aliphatic carbocycles. The van der Waals surface area contributed by atoms with Gasteiger partial charge in [-0.25, -0.2) is 9.97 Å². The van der Waals surface area contributed by atoms with Crippen molar-refractivity contribution >= 4 is 28.4 Å². The maximum absolute atomic E-state index is 12.7. The van der Waals surface area contributed by atoms with Crippen molar-refractivity contribution in [3.8, 4) is 0 Å². The largest absolute Gasteiger partial charge is 0.379 e. The van der Waals surface area contributed by atoms with Crippen LogP contribution >= 0.6 is 11.8 Å². The quantitative estimate of drug-likeness (QED) is 0.349. The van der Waals surface area contributed by atoms with Crippen LogP contribution in [0.4, 0.5) is 0 Å². The zero-order valence-electron chi connectivity index (χ0n) is 16.9. The lowest BCUT2D eigenvalue weighted by molar-refractivity contribution is 0.0330. The van der Waals surface area contributed by atoms with E-state index in [1.807, 2.05) is 49.4 Å². The summed E-state index contributed by atoms with van der Waals surface area (Å²) in [4.78, 5) is 24.6. The van der Waals surface area contributed by atoms with E-state index in [0.29, 0.717) is 12.3 Å². The molecular formula is C23H25N3O2S. The smallest absolute Gasteiger partial charge is 0.173 e. The van der Waals surface area contributed by atoms with Crippen molar-refractivity contribution in [2.45, 2.75) is 25.4 Å². The highest BCUT2D eigenvalue weighted by Gasteiger charge is 2.16. The molecule has 0 atom stereocenters. The number of hydrogen-bond acceptors (Lipinski definition) is 6. The number of aromatic nitrogens is 2. The Balaban J connectivity index is 1.54. The summed E-state index contributed by atoms with van der Waals surface area (Å²) in [6.07, 6.45) is 0. The highest BCUT2D eigenvalue weighted by molar-refractivity contribution is 8.00. The third-order valence-electron chi connectivity index (χ3n) is 5.25. The summed E-state index contributed by atoms with van der Waals surface area (Å²) in [6, 6.07) is 13.9. The molecule has 0 N–H and O–H groups in total. The first-order chi connectivity index (χ1) is 14.1.